The van der Waals surface area contributed by atoms with Gasteiger partial charge >= 0.3 is 0 Å². The summed E-state index contributed by atoms with van der Waals surface area (Å²) in [5.41, 5.74) is 3.27. The number of hydrogen-bond acceptors (Lipinski definition) is 5. The summed E-state index contributed by atoms with van der Waals surface area (Å²) < 4.78 is 30.3. The van der Waals surface area contributed by atoms with Crippen LogP contribution in [0.5, 0.6) is 0 Å². The first-order valence-electron chi connectivity index (χ1n) is 11.6. The summed E-state index contributed by atoms with van der Waals surface area (Å²) in [5.74, 6) is 0.987. The Bertz CT molecular complexity index is 875. The summed E-state index contributed by atoms with van der Waals surface area (Å²) in [7, 11) is -3.11. The summed E-state index contributed by atoms with van der Waals surface area (Å²) >= 11 is 0. The topological polar surface area (TPSA) is 79.0 Å². The SMILES string of the molecule is CS(=O)(=O)N1CCC(CNC(=O)c2ccc3c(c2)CCCN3CC2CCOCC2)CC1. The van der Waals surface area contributed by atoms with E-state index in [2.05, 4.69) is 22.3 Å². The predicted octanol–water partition coefficient (Wildman–Crippen LogP) is 2.27. The Hall–Kier alpha value is -1.64. The van der Waals surface area contributed by atoms with Crippen LogP contribution in [-0.4, -0.2) is 70.8 Å². The molecule has 7 nitrogen and oxygen atoms in total. The summed E-state index contributed by atoms with van der Waals surface area (Å²) in [6.45, 7) is 5.59. The van der Waals surface area contributed by atoms with Gasteiger partial charge in [-0.3, -0.25) is 4.79 Å². The average Bonchev–Trinajstić information content (AvgIpc) is 2.78. The molecule has 4 rings (SSSR count). The minimum atomic E-state index is -3.11. The number of carbonyl (C=O) groups is 1. The molecule has 0 radical (unpaired) electrons. The predicted molar refractivity (Wildman–Crippen MR) is 122 cm³/mol. The van der Waals surface area contributed by atoms with E-state index in [4.69, 9.17) is 4.74 Å². The average molecular weight is 450 g/mol. The van der Waals surface area contributed by atoms with Gasteiger partial charge in [-0.1, -0.05) is 0 Å². The van der Waals surface area contributed by atoms with E-state index in [1.54, 1.807) is 0 Å². The first-order chi connectivity index (χ1) is 14.9. The molecular weight excluding hydrogens is 414 g/mol. The number of amides is 1. The minimum Gasteiger partial charge on any atom is -0.381 e. The number of sulfonamides is 1. The lowest BCUT2D eigenvalue weighted by Crippen LogP contribution is -2.41. The van der Waals surface area contributed by atoms with Gasteiger partial charge in [0, 0.05) is 57.2 Å². The normalized spacial score (nSPS) is 21.6. The number of piperidine rings is 1. The zero-order valence-electron chi connectivity index (χ0n) is 18.5. The first-order valence-corrected chi connectivity index (χ1v) is 13.4. The summed E-state index contributed by atoms with van der Waals surface area (Å²) in [4.78, 5) is 15.2. The number of nitrogens with one attached hydrogen (secondary N) is 1. The lowest BCUT2D eigenvalue weighted by atomic mass is 9.95. The van der Waals surface area contributed by atoms with Crippen LogP contribution in [0.2, 0.25) is 0 Å². The smallest absolute Gasteiger partial charge is 0.251 e. The van der Waals surface area contributed by atoms with Crippen molar-refractivity contribution < 1.29 is 17.9 Å². The molecule has 3 heterocycles. The number of benzene rings is 1. The molecule has 2 fully saturated rings. The molecule has 2 saturated heterocycles. The van der Waals surface area contributed by atoms with Crippen molar-refractivity contribution in [2.24, 2.45) is 11.8 Å². The monoisotopic (exact) mass is 449 g/mol. The fraction of sp³-hybridized carbons (Fsp3) is 0.696. The van der Waals surface area contributed by atoms with Crippen LogP contribution in [0.25, 0.3) is 0 Å². The van der Waals surface area contributed by atoms with Gasteiger partial charge in [-0.2, -0.15) is 0 Å². The number of nitrogens with zero attached hydrogens (tertiary/aromatic N) is 2. The van der Waals surface area contributed by atoms with Crippen LogP contribution >= 0.6 is 0 Å². The van der Waals surface area contributed by atoms with Gasteiger partial charge in [0.2, 0.25) is 10.0 Å². The number of fused-ring (bicyclic) bond motifs is 1. The van der Waals surface area contributed by atoms with Crippen molar-refractivity contribution >= 4 is 21.6 Å². The Morgan fingerprint density at radius 1 is 1.10 bits per heavy atom. The number of hydrogen-bond donors (Lipinski definition) is 1. The van der Waals surface area contributed by atoms with Crippen LogP contribution < -0.4 is 10.2 Å². The number of anilines is 1. The van der Waals surface area contributed by atoms with E-state index in [1.165, 1.54) is 21.8 Å². The van der Waals surface area contributed by atoms with Gasteiger partial charge in [0.05, 0.1) is 6.26 Å². The Labute approximate surface area is 186 Å². The van der Waals surface area contributed by atoms with E-state index in [1.807, 2.05) is 6.07 Å². The van der Waals surface area contributed by atoms with Gasteiger partial charge in [0.15, 0.2) is 0 Å². The van der Waals surface area contributed by atoms with Crippen LogP contribution in [0, 0.1) is 11.8 Å². The molecule has 3 aliphatic rings. The van der Waals surface area contributed by atoms with Crippen molar-refractivity contribution in [2.75, 3.05) is 57.1 Å². The zero-order valence-corrected chi connectivity index (χ0v) is 19.3. The molecule has 0 aromatic heterocycles. The third-order valence-electron chi connectivity index (χ3n) is 6.97. The van der Waals surface area contributed by atoms with Gasteiger partial charge in [0.25, 0.3) is 5.91 Å². The molecule has 1 N–H and O–H groups in total. The molecule has 1 aromatic carbocycles. The van der Waals surface area contributed by atoms with Crippen LogP contribution in [0.3, 0.4) is 0 Å². The second-order valence-electron chi connectivity index (χ2n) is 9.26. The van der Waals surface area contributed by atoms with E-state index < -0.39 is 10.0 Å². The van der Waals surface area contributed by atoms with Crippen molar-refractivity contribution in [3.8, 4) is 0 Å². The highest BCUT2D eigenvalue weighted by Crippen LogP contribution is 2.30. The lowest BCUT2D eigenvalue weighted by Gasteiger charge is -2.35. The fourth-order valence-electron chi connectivity index (χ4n) is 5.03. The highest BCUT2D eigenvalue weighted by molar-refractivity contribution is 7.88. The molecule has 0 atom stereocenters. The molecule has 0 spiro atoms. The number of rotatable bonds is 6. The van der Waals surface area contributed by atoms with Crippen LogP contribution in [0.4, 0.5) is 5.69 Å². The molecule has 172 valence electrons. The highest BCUT2D eigenvalue weighted by atomic mass is 32.2. The van der Waals surface area contributed by atoms with Crippen molar-refractivity contribution in [3.63, 3.8) is 0 Å². The number of ether oxygens (including phenoxy) is 1. The van der Waals surface area contributed by atoms with Gasteiger partial charge in [0.1, 0.15) is 0 Å². The lowest BCUT2D eigenvalue weighted by molar-refractivity contribution is 0.0681. The molecule has 0 unspecified atom stereocenters. The van der Waals surface area contributed by atoms with E-state index >= 15 is 0 Å². The molecule has 8 heteroatoms. The fourth-order valence-corrected chi connectivity index (χ4v) is 5.90. The van der Waals surface area contributed by atoms with E-state index in [9.17, 15) is 13.2 Å². The van der Waals surface area contributed by atoms with Gasteiger partial charge < -0.3 is 15.0 Å². The second-order valence-corrected chi connectivity index (χ2v) is 11.2. The molecule has 31 heavy (non-hydrogen) atoms. The zero-order chi connectivity index (χ0) is 21.8. The molecule has 1 aromatic rings. The quantitative estimate of drug-likeness (QED) is 0.721. The third kappa shape index (κ3) is 5.79. The maximum atomic E-state index is 12.8. The first kappa shape index (κ1) is 22.6. The molecule has 3 aliphatic heterocycles. The Morgan fingerprint density at radius 2 is 1.84 bits per heavy atom. The standard InChI is InChI=1S/C23H35N3O4S/c1-31(28,29)26-11-6-18(7-12-26)16-24-23(27)21-4-5-22-20(15-21)3-2-10-25(22)17-19-8-13-30-14-9-19/h4-5,15,18-19H,2-3,6-14,16-17H2,1H3,(H,24,27). The molecule has 0 aliphatic carbocycles. The van der Waals surface area contributed by atoms with E-state index in [0.717, 1.165) is 70.4 Å². The van der Waals surface area contributed by atoms with Crippen LogP contribution in [0.1, 0.15) is 48.0 Å². The van der Waals surface area contributed by atoms with Gasteiger partial charge in [-0.15, -0.1) is 0 Å². The summed E-state index contributed by atoms with van der Waals surface area (Å²) in [6, 6.07) is 6.13. The Morgan fingerprint density at radius 3 is 2.55 bits per heavy atom. The summed E-state index contributed by atoms with van der Waals surface area (Å²) in [6.07, 6.45) is 7.25. The number of aryl methyl sites for hydroxylation is 1. The van der Waals surface area contributed by atoms with Crippen LogP contribution in [-0.2, 0) is 21.2 Å². The van der Waals surface area contributed by atoms with Crippen molar-refractivity contribution in [3.05, 3.63) is 29.3 Å². The largest absolute Gasteiger partial charge is 0.381 e. The van der Waals surface area contributed by atoms with Crippen molar-refractivity contribution in [1.29, 1.82) is 0 Å². The van der Waals surface area contributed by atoms with Crippen molar-refractivity contribution in [1.82, 2.24) is 9.62 Å². The van der Waals surface area contributed by atoms with E-state index in [-0.39, 0.29) is 5.91 Å². The Balaban J connectivity index is 1.31. The molecule has 0 bridgehead atoms. The maximum Gasteiger partial charge on any atom is 0.251 e. The number of carbonyl (C=O) groups excluding carboxylic acids is 1. The second kappa shape index (κ2) is 9.88. The maximum absolute atomic E-state index is 12.8. The molecular formula is C23H35N3O4S. The minimum absolute atomic E-state index is 0.0325. The van der Waals surface area contributed by atoms with E-state index in [0.29, 0.717) is 31.5 Å². The molecule has 1 amide bonds. The van der Waals surface area contributed by atoms with Crippen molar-refractivity contribution in [2.45, 2.75) is 38.5 Å². The third-order valence-corrected chi connectivity index (χ3v) is 8.27. The Kier molecular flexibility index (Phi) is 7.19. The highest BCUT2D eigenvalue weighted by Gasteiger charge is 2.26. The van der Waals surface area contributed by atoms with Gasteiger partial charge in [-0.25, -0.2) is 12.7 Å². The van der Waals surface area contributed by atoms with Gasteiger partial charge in [-0.05, 0) is 74.1 Å². The molecule has 0 saturated carbocycles. The summed E-state index contributed by atoms with van der Waals surface area (Å²) in [5, 5.41) is 3.07. The van der Waals surface area contributed by atoms with Crippen LogP contribution in [0.15, 0.2) is 18.2 Å².